The molecule has 0 aliphatic heterocycles. The average Bonchev–Trinajstić information content (AvgIpc) is 2.64. The fourth-order valence-electron chi connectivity index (χ4n) is 2.81. The summed E-state index contributed by atoms with van der Waals surface area (Å²) in [6.07, 6.45) is 0. The highest BCUT2D eigenvalue weighted by Gasteiger charge is 2.22. The molecular weight excluding hydrogens is 308 g/mol. The number of nitriles is 1. The Hall–Kier alpha value is -3.25. The van der Waals surface area contributed by atoms with Crippen molar-refractivity contribution < 1.29 is 4.74 Å². The third kappa shape index (κ3) is 3.49. The lowest BCUT2D eigenvalue weighted by Crippen LogP contribution is -2.18. The van der Waals surface area contributed by atoms with E-state index in [1.54, 1.807) is 18.2 Å². The molecular formula is C22H20N2O. The van der Waals surface area contributed by atoms with Crippen molar-refractivity contribution in [3.8, 4) is 17.6 Å². The molecule has 0 heterocycles. The van der Waals surface area contributed by atoms with Crippen molar-refractivity contribution in [1.82, 2.24) is 0 Å². The summed E-state index contributed by atoms with van der Waals surface area (Å²) in [5.74, 6) is 1.20. The molecule has 3 aromatic rings. The zero-order valence-electron chi connectivity index (χ0n) is 14.4. The topological polar surface area (TPSA) is 59.0 Å². The van der Waals surface area contributed by atoms with Gasteiger partial charge in [0.15, 0.2) is 0 Å². The summed E-state index contributed by atoms with van der Waals surface area (Å²) >= 11 is 0. The van der Waals surface area contributed by atoms with Crippen LogP contribution in [0.25, 0.3) is 0 Å². The SMILES string of the molecule is CC(C)(c1ccccc1)c1ccc(Oc2ccc(N)cc2C#N)cc1. The van der Waals surface area contributed by atoms with E-state index in [-0.39, 0.29) is 5.41 Å². The van der Waals surface area contributed by atoms with Gasteiger partial charge in [0.1, 0.15) is 17.6 Å². The van der Waals surface area contributed by atoms with Crippen LogP contribution in [0.5, 0.6) is 11.5 Å². The number of hydrogen-bond donors (Lipinski definition) is 1. The second kappa shape index (κ2) is 6.70. The van der Waals surface area contributed by atoms with Crippen molar-refractivity contribution in [1.29, 1.82) is 5.26 Å². The summed E-state index contributed by atoms with van der Waals surface area (Å²) in [6.45, 7) is 4.40. The molecule has 0 aliphatic rings. The van der Waals surface area contributed by atoms with Crippen LogP contribution >= 0.6 is 0 Å². The molecule has 0 saturated carbocycles. The standard InChI is InChI=1S/C22H20N2O/c1-22(2,17-6-4-3-5-7-17)18-8-11-20(12-9-18)25-21-13-10-19(24)14-16(21)15-23/h3-14H,24H2,1-2H3. The van der Waals surface area contributed by atoms with Gasteiger partial charge in [-0.2, -0.15) is 5.26 Å². The molecule has 0 fully saturated rings. The Bertz CT molecular complexity index is 907. The largest absolute Gasteiger partial charge is 0.456 e. The first-order chi connectivity index (χ1) is 12.0. The molecule has 124 valence electrons. The minimum Gasteiger partial charge on any atom is -0.456 e. The Kier molecular flexibility index (Phi) is 4.45. The normalized spacial score (nSPS) is 10.9. The van der Waals surface area contributed by atoms with Crippen LogP contribution < -0.4 is 10.5 Å². The summed E-state index contributed by atoms with van der Waals surface area (Å²) in [6, 6.07) is 25.6. The first-order valence-electron chi connectivity index (χ1n) is 8.14. The van der Waals surface area contributed by atoms with Gasteiger partial charge in [0, 0.05) is 11.1 Å². The second-order valence-electron chi connectivity index (χ2n) is 6.48. The van der Waals surface area contributed by atoms with Gasteiger partial charge >= 0.3 is 0 Å². The van der Waals surface area contributed by atoms with E-state index in [1.807, 2.05) is 18.2 Å². The number of hydrogen-bond acceptors (Lipinski definition) is 3. The quantitative estimate of drug-likeness (QED) is 0.665. The first kappa shape index (κ1) is 16.6. The molecule has 3 rings (SSSR count). The first-order valence-corrected chi connectivity index (χ1v) is 8.14. The van der Waals surface area contributed by atoms with Gasteiger partial charge in [-0.25, -0.2) is 0 Å². The van der Waals surface area contributed by atoms with Gasteiger partial charge < -0.3 is 10.5 Å². The van der Waals surface area contributed by atoms with Crippen molar-refractivity contribution in [2.24, 2.45) is 0 Å². The molecule has 0 aromatic heterocycles. The van der Waals surface area contributed by atoms with E-state index in [0.717, 1.165) is 0 Å². The maximum Gasteiger partial charge on any atom is 0.145 e. The molecule has 0 saturated heterocycles. The number of ether oxygens (including phenoxy) is 1. The lowest BCUT2D eigenvalue weighted by atomic mass is 9.78. The van der Waals surface area contributed by atoms with Crippen LogP contribution in [-0.4, -0.2) is 0 Å². The van der Waals surface area contributed by atoms with Gasteiger partial charge in [0.2, 0.25) is 0 Å². The molecule has 0 unspecified atom stereocenters. The van der Waals surface area contributed by atoms with Gasteiger partial charge in [-0.05, 0) is 41.5 Å². The lowest BCUT2D eigenvalue weighted by Gasteiger charge is -2.26. The molecule has 2 N–H and O–H groups in total. The Labute approximate surface area is 148 Å². The third-order valence-corrected chi connectivity index (χ3v) is 4.42. The number of benzene rings is 3. The van der Waals surface area contributed by atoms with Crippen LogP contribution in [0, 0.1) is 11.3 Å². The van der Waals surface area contributed by atoms with Gasteiger partial charge in [-0.1, -0.05) is 56.3 Å². The third-order valence-electron chi connectivity index (χ3n) is 4.42. The predicted octanol–water partition coefficient (Wildman–Crippen LogP) is 5.26. The maximum atomic E-state index is 9.21. The van der Waals surface area contributed by atoms with E-state index in [2.05, 4.69) is 56.3 Å². The Morgan fingerprint density at radius 1 is 0.880 bits per heavy atom. The van der Waals surface area contributed by atoms with Crippen LogP contribution in [-0.2, 0) is 5.41 Å². The fourth-order valence-corrected chi connectivity index (χ4v) is 2.81. The zero-order chi connectivity index (χ0) is 17.9. The number of nitrogens with zero attached hydrogens (tertiary/aromatic N) is 1. The molecule has 3 heteroatoms. The van der Waals surface area contributed by atoms with Crippen LogP contribution in [0.2, 0.25) is 0 Å². The molecule has 0 radical (unpaired) electrons. The Balaban J connectivity index is 1.85. The minimum atomic E-state index is -0.0984. The van der Waals surface area contributed by atoms with Crippen molar-refractivity contribution in [2.45, 2.75) is 19.3 Å². The van der Waals surface area contributed by atoms with Gasteiger partial charge in [0.25, 0.3) is 0 Å². The number of anilines is 1. The highest BCUT2D eigenvalue weighted by molar-refractivity contribution is 5.54. The summed E-state index contributed by atoms with van der Waals surface area (Å²) < 4.78 is 5.85. The highest BCUT2D eigenvalue weighted by atomic mass is 16.5. The molecule has 0 bridgehead atoms. The average molecular weight is 328 g/mol. The summed E-state index contributed by atoms with van der Waals surface area (Å²) in [4.78, 5) is 0. The minimum absolute atomic E-state index is 0.0984. The molecule has 3 nitrogen and oxygen atoms in total. The van der Waals surface area contributed by atoms with Crippen molar-refractivity contribution in [2.75, 3.05) is 5.73 Å². The van der Waals surface area contributed by atoms with Crippen molar-refractivity contribution in [3.05, 3.63) is 89.5 Å². The van der Waals surface area contributed by atoms with E-state index in [4.69, 9.17) is 10.5 Å². The van der Waals surface area contributed by atoms with E-state index in [9.17, 15) is 5.26 Å². The van der Waals surface area contributed by atoms with Gasteiger partial charge in [-0.15, -0.1) is 0 Å². The van der Waals surface area contributed by atoms with E-state index in [1.165, 1.54) is 11.1 Å². The molecule has 25 heavy (non-hydrogen) atoms. The second-order valence-corrected chi connectivity index (χ2v) is 6.48. The lowest BCUT2D eigenvalue weighted by molar-refractivity contribution is 0.480. The van der Waals surface area contributed by atoms with Crippen LogP contribution in [0.3, 0.4) is 0 Å². The van der Waals surface area contributed by atoms with Crippen LogP contribution in [0.1, 0.15) is 30.5 Å². The van der Waals surface area contributed by atoms with Crippen LogP contribution in [0.15, 0.2) is 72.8 Å². The molecule has 0 aliphatic carbocycles. The van der Waals surface area contributed by atoms with Gasteiger partial charge in [-0.3, -0.25) is 0 Å². The smallest absolute Gasteiger partial charge is 0.145 e. The molecule has 0 amide bonds. The molecule has 0 spiro atoms. The molecule has 3 aromatic carbocycles. The summed E-state index contributed by atoms with van der Waals surface area (Å²) in [5.41, 5.74) is 9.04. The van der Waals surface area contributed by atoms with E-state index < -0.39 is 0 Å². The Morgan fingerprint density at radius 3 is 2.16 bits per heavy atom. The zero-order valence-corrected chi connectivity index (χ0v) is 14.4. The predicted molar refractivity (Wildman–Crippen MR) is 101 cm³/mol. The Morgan fingerprint density at radius 2 is 1.52 bits per heavy atom. The number of rotatable bonds is 4. The van der Waals surface area contributed by atoms with Crippen molar-refractivity contribution >= 4 is 5.69 Å². The summed E-state index contributed by atoms with van der Waals surface area (Å²) in [5, 5.41) is 9.21. The van der Waals surface area contributed by atoms with E-state index >= 15 is 0 Å². The van der Waals surface area contributed by atoms with Crippen molar-refractivity contribution in [3.63, 3.8) is 0 Å². The summed E-state index contributed by atoms with van der Waals surface area (Å²) in [7, 11) is 0. The monoisotopic (exact) mass is 328 g/mol. The van der Waals surface area contributed by atoms with E-state index in [0.29, 0.717) is 22.7 Å². The molecule has 0 atom stereocenters. The fraction of sp³-hybridized carbons (Fsp3) is 0.136. The van der Waals surface area contributed by atoms with Crippen LogP contribution in [0.4, 0.5) is 5.69 Å². The highest BCUT2D eigenvalue weighted by Crippen LogP contribution is 2.33. The number of nitrogens with two attached hydrogens (primary N) is 1. The maximum absolute atomic E-state index is 9.21. The number of nitrogen functional groups attached to an aromatic ring is 1. The van der Waals surface area contributed by atoms with Gasteiger partial charge in [0.05, 0.1) is 5.56 Å².